The molecule has 0 aliphatic heterocycles. The summed E-state index contributed by atoms with van der Waals surface area (Å²) in [5.41, 5.74) is 2.11. The standard InChI is InChI=1S/C13H16N2O3/c1-8(16)13(18)12(17)6-9-7-14-10-4-2-3-5-11(10)15-9/h2-5,7-8,12-13,16-18H,6H2,1H3/t8-,12-,13+/m0/s1. The molecule has 0 aliphatic carbocycles. The van der Waals surface area contributed by atoms with Crippen LogP contribution in [-0.4, -0.2) is 43.6 Å². The molecule has 0 saturated heterocycles. The van der Waals surface area contributed by atoms with Crippen molar-refractivity contribution in [2.45, 2.75) is 31.7 Å². The van der Waals surface area contributed by atoms with Gasteiger partial charge in [-0.05, 0) is 19.1 Å². The number of nitrogens with zero attached hydrogens (tertiary/aromatic N) is 2. The van der Waals surface area contributed by atoms with Crippen LogP contribution in [0.5, 0.6) is 0 Å². The lowest BCUT2D eigenvalue weighted by Gasteiger charge is -2.19. The highest BCUT2D eigenvalue weighted by Gasteiger charge is 2.22. The molecule has 0 amide bonds. The summed E-state index contributed by atoms with van der Waals surface area (Å²) in [6.45, 7) is 1.43. The van der Waals surface area contributed by atoms with E-state index in [1.165, 1.54) is 6.92 Å². The second kappa shape index (κ2) is 5.39. The fraction of sp³-hybridized carbons (Fsp3) is 0.385. The summed E-state index contributed by atoms with van der Waals surface area (Å²) >= 11 is 0. The molecule has 0 radical (unpaired) electrons. The minimum atomic E-state index is -1.18. The molecular formula is C13H16N2O3. The molecule has 0 saturated carbocycles. The van der Waals surface area contributed by atoms with Gasteiger partial charge in [0.05, 0.1) is 28.9 Å². The van der Waals surface area contributed by atoms with Crippen molar-refractivity contribution in [1.29, 1.82) is 0 Å². The van der Waals surface area contributed by atoms with Crippen molar-refractivity contribution in [2.24, 2.45) is 0 Å². The number of benzene rings is 1. The van der Waals surface area contributed by atoms with Crippen LogP contribution < -0.4 is 0 Å². The van der Waals surface area contributed by atoms with Crippen molar-refractivity contribution in [3.63, 3.8) is 0 Å². The van der Waals surface area contributed by atoms with Gasteiger partial charge in [0, 0.05) is 12.6 Å². The summed E-state index contributed by atoms with van der Waals surface area (Å²) in [6, 6.07) is 7.43. The summed E-state index contributed by atoms with van der Waals surface area (Å²) in [5, 5.41) is 28.5. The van der Waals surface area contributed by atoms with Crippen LogP contribution in [0, 0.1) is 0 Å². The Kier molecular flexibility index (Phi) is 3.86. The van der Waals surface area contributed by atoms with E-state index < -0.39 is 18.3 Å². The van der Waals surface area contributed by atoms with Crippen molar-refractivity contribution in [3.05, 3.63) is 36.2 Å². The van der Waals surface area contributed by atoms with Crippen molar-refractivity contribution in [2.75, 3.05) is 0 Å². The maximum Gasteiger partial charge on any atom is 0.106 e. The number of aliphatic hydroxyl groups is 3. The van der Waals surface area contributed by atoms with Crippen molar-refractivity contribution < 1.29 is 15.3 Å². The lowest BCUT2D eigenvalue weighted by atomic mass is 10.0. The fourth-order valence-corrected chi connectivity index (χ4v) is 1.75. The van der Waals surface area contributed by atoms with Crippen molar-refractivity contribution in [1.82, 2.24) is 9.97 Å². The average Bonchev–Trinajstić information content (AvgIpc) is 2.37. The van der Waals surface area contributed by atoms with E-state index >= 15 is 0 Å². The lowest BCUT2D eigenvalue weighted by molar-refractivity contribution is -0.0512. The van der Waals surface area contributed by atoms with Crippen molar-refractivity contribution >= 4 is 11.0 Å². The van der Waals surface area contributed by atoms with Gasteiger partial charge in [-0.1, -0.05) is 12.1 Å². The molecule has 3 atom stereocenters. The lowest BCUT2D eigenvalue weighted by Crippen LogP contribution is -2.37. The monoisotopic (exact) mass is 248 g/mol. The Labute approximate surface area is 105 Å². The molecule has 5 heteroatoms. The van der Waals surface area contributed by atoms with E-state index in [2.05, 4.69) is 9.97 Å². The summed E-state index contributed by atoms with van der Waals surface area (Å²) in [6.07, 6.45) is -1.49. The first-order valence-electron chi connectivity index (χ1n) is 5.83. The van der Waals surface area contributed by atoms with Gasteiger partial charge >= 0.3 is 0 Å². The molecule has 1 aromatic heterocycles. The summed E-state index contributed by atoms with van der Waals surface area (Å²) < 4.78 is 0. The number of rotatable bonds is 4. The van der Waals surface area contributed by atoms with E-state index in [-0.39, 0.29) is 6.42 Å². The third kappa shape index (κ3) is 2.81. The van der Waals surface area contributed by atoms with Gasteiger partial charge in [-0.25, -0.2) is 4.98 Å². The maximum atomic E-state index is 9.74. The summed E-state index contributed by atoms with van der Waals surface area (Å²) in [4.78, 5) is 8.56. The molecule has 0 fully saturated rings. The summed E-state index contributed by atoms with van der Waals surface area (Å²) in [5.74, 6) is 0. The molecule has 2 rings (SSSR count). The highest BCUT2D eigenvalue weighted by Crippen LogP contribution is 2.11. The van der Waals surface area contributed by atoms with Gasteiger partial charge in [-0.3, -0.25) is 4.98 Å². The maximum absolute atomic E-state index is 9.74. The summed E-state index contributed by atoms with van der Waals surface area (Å²) in [7, 11) is 0. The second-order valence-electron chi connectivity index (χ2n) is 4.35. The Morgan fingerprint density at radius 3 is 2.44 bits per heavy atom. The minimum Gasteiger partial charge on any atom is -0.391 e. The first kappa shape index (κ1) is 12.9. The van der Waals surface area contributed by atoms with Gasteiger partial charge in [-0.2, -0.15) is 0 Å². The topological polar surface area (TPSA) is 86.5 Å². The quantitative estimate of drug-likeness (QED) is 0.723. The molecule has 0 bridgehead atoms. The number of hydrogen-bond donors (Lipinski definition) is 3. The van der Waals surface area contributed by atoms with E-state index in [4.69, 9.17) is 0 Å². The molecule has 0 aliphatic rings. The van der Waals surface area contributed by atoms with Crippen LogP contribution in [0.2, 0.25) is 0 Å². The Morgan fingerprint density at radius 2 is 1.78 bits per heavy atom. The number of aliphatic hydroxyl groups excluding tert-OH is 3. The van der Waals surface area contributed by atoms with Crippen LogP contribution in [-0.2, 0) is 6.42 Å². The van der Waals surface area contributed by atoms with Crippen LogP contribution in [0.4, 0.5) is 0 Å². The van der Waals surface area contributed by atoms with Gasteiger partial charge in [0.15, 0.2) is 0 Å². The van der Waals surface area contributed by atoms with Gasteiger partial charge < -0.3 is 15.3 Å². The molecule has 1 aromatic carbocycles. The molecule has 3 N–H and O–H groups in total. The van der Waals surface area contributed by atoms with Crippen molar-refractivity contribution in [3.8, 4) is 0 Å². The first-order valence-corrected chi connectivity index (χ1v) is 5.83. The molecule has 5 nitrogen and oxygen atoms in total. The smallest absolute Gasteiger partial charge is 0.106 e. The van der Waals surface area contributed by atoms with Gasteiger partial charge in [0.25, 0.3) is 0 Å². The van der Waals surface area contributed by atoms with Crippen LogP contribution in [0.1, 0.15) is 12.6 Å². The molecule has 1 heterocycles. The molecular weight excluding hydrogens is 232 g/mol. The largest absolute Gasteiger partial charge is 0.391 e. The van der Waals surface area contributed by atoms with Crippen LogP contribution in [0.25, 0.3) is 11.0 Å². The second-order valence-corrected chi connectivity index (χ2v) is 4.35. The Balaban J connectivity index is 2.17. The first-order chi connectivity index (χ1) is 8.58. The van der Waals surface area contributed by atoms with Gasteiger partial charge in [0.1, 0.15) is 6.10 Å². The van der Waals surface area contributed by atoms with E-state index in [1.54, 1.807) is 6.20 Å². The molecule has 0 unspecified atom stereocenters. The molecule has 0 spiro atoms. The Hall–Kier alpha value is -1.56. The molecule has 96 valence electrons. The van der Waals surface area contributed by atoms with E-state index in [0.29, 0.717) is 5.69 Å². The predicted molar refractivity (Wildman–Crippen MR) is 66.9 cm³/mol. The zero-order chi connectivity index (χ0) is 13.1. The van der Waals surface area contributed by atoms with Gasteiger partial charge in [0.2, 0.25) is 0 Å². The molecule has 18 heavy (non-hydrogen) atoms. The SMILES string of the molecule is C[C@H](O)[C@@H](O)[C@@H](O)Cc1cnc2ccccc2n1. The average molecular weight is 248 g/mol. The number of aromatic nitrogens is 2. The number of fused-ring (bicyclic) bond motifs is 1. The third-order valence-corrected chi connectivity index (χ3v) is 2.81. The minimum absolute atomic E-state index is 0.157. The third-order valence-electron chi connectivity index (χ3n) is 2.81. The zero-order valence-corrected chi connectivity index (χ0v) is 10.1. The zero-order valence-electron chi connectivity index (χ0n) is 10.1. The van der Waals surface area contributed by atoms with Crippen LogP contribution in [0.15, 0.2) is 30.5 Å². The number of para-hydroxylation sites is 2. The van der Waals surface area contributed by atoms with E-state index in [1.807, 2.05) is 24.3 Å². The highest BCUT2D eigenvalue weighted by atomic mass is 16.4. The van der Waals surface area contributed by atoms with E-state index in [0.717, 1.165) is 11.0 Å². The normalized spacial score (nSPS) is 16.4. The van der Waals surface area contributed by atoms with Crippen LogP contribution >= 0.6 is 0 Å². The van der Waals surface area contributed by atoms with Crippen LogP contribution in [0.3, 0.4) is 0 Å². The van der Waals surface area contributed by atoms with Gasteiger partial charge in [-0.15, -0.1) is 0 Å². The highest BCUT2D eigenvalue weighted by molar-refractivity contribution is 5.73. The Bertz CT molecular complexity index is 530. The predicted octanol–water partition coefficient (Wildman–Crippen LogP) is 0.275. The molecule has 2 aromatic rings. The number of hydrogen-bond acceptors (Lipinski definition) is 5. The fourth-order valence-electron chi connectivity index (χ4n) is 1.75. The Morgan fingerprint density at radius 1 is 1.11 bits per heavy atom. The van der Waals surface area contributed by atoms with E-state index in [9.17, 15) is 15.3 Å².